The lowest BCUT2D eigenvalue weighted by atomic mass is 9.81. The van der Waals surface area contributed by atoms with Crippen LogP contribution in [0.15, 0.2) is 285 Å². The van der Waals surface area contributed by atoms with Gasteiger partial charge in [0.15, 0.2) is 29.6 Å². The van der Waals surface area contributed by atoms with E-state index in [9.17, 15) is 4.39 Å². The molecule has 0 bridgehead atoms. The van der Waals surface area contributed by atoms with Crippen LogP contribution in [-0.2, 0) is 62.3 Å². The van der Waals surface area contributed by atoms with Crippen LogP contribution in [-0.4, -0.2) is 0 Å². The first-order valence-electron chi connectivity index (χ1n) is 44.1. The summed E-state index contributed by atoms with van der Waals surface area (Å²) in [6.45, 7) is 37.7. The zero-order valence-electron chi connectivity index (χ0n) is 77.9. The Morgan fingerprint density at radius 3 is 0.932 bits per heavy atom. The summed E-state index contributed by atoms with van der Waals surface area (Å²) in [5.74, 6) is -0.216. The third-order valence-electron chi connectivity index (χ3n) is 26.8. The summed E-state index contributed by atoms with van der Waals surface area (Å²) in [4.78, 5) is 0. The Kier molecular flexibility index (Phi) is 18.8. The maximum Gasteiger partial charge on any atom is 0.213 e. The fourth-order valence-electron chi connectivity index (χ4n) is 20.1. The van der Waals surface area contributed by atoms with Crippen LogP contribution in [0.1, 0.15) is 171 Å². The molecule has 5 aromatic heterocycles. The summed E-state index contributed by atoms with van der Waals surface area (Å²) in [5, 5.41) is 0. The monoisotopic (exact) mass is 1550 g/mol. The van der Waals surface area contributed by atoms with Crippen molar-refractivity contribution in [3.05, 3.63) is 386 Å². The standard InChI is InChI=1S/2C23H24N.C22H21FN.2C22H22N/c2*1-15-13-14-19-22(17-10-6-7-11-18(17)23(19,3)4)21(15)20-12-8-9-16(2)24(20)5;1-14-9-11-18-21(16-7-5-6-8-17(16)22(18,2)3)20(14)19-12-10-15(23)13-24(19)4;2*1-15-12-13-18-21(20(15)19-11-7-8-14-23(19)4)16-9-5-6-10-17(16)22(18,2)3/h2*6-14H,1-5H3;5-13H,1-4H3;2*5-14H,1-4H3/q5*+1/i8D,9D,12D;;;11D;7D. The Hall–Kier alpha value is -12.1. The number of nitrogens with zero attached hydrogens (tertiary/aromatic N) is 5. The molecule has 0 saturated carbocycles. The predicted molar refractivity (Wildman–Crippen MR) is 486 cm³/mol. The first-order chi connectivity index (χ1) is 58.3. The molecule has 0 fully saturated rings. The number of aryl methyl sites for hydroxylation is 9. The number of aromatic nitrogens is 5. The molecule has 5 nitrogen and oxygen atoms in total. The maximum atomic E-state index is 13.6. The fraction of sp³-hybridized carbons (Fsp3) is 0.241. The van der Waals surface area contributed by atoms with Gasteiger partial charge in [-0.15, -0.1) is 0 Å². The van der Waals surface area contributed by atoms with Gasteiger partial charge in [-0.2, -0.15) is 13.7 Å². The molecular weight excluding hydrogens is 1430 g/mol. The summed E-state index contributed by atoms with van der Waals surface area (Å²) in [5.41, 5.74) is 45.8. The van der Waals surface area contributed by atoms with Crippen LogP contribution < -0.4 is 22.8 Å². The molecule has 588 valence electrons. The quantitative estimate of drug-likeness (QED) is 0.153. The minimum atomic E-state index is -0.216. The van der Waals surface area contributed by atoms with E-state index in [-0.39, 0.29) is 51.0 Å². The molecule has 0 saturated heterocycles. The van der Waals surface area contributed by atoms with Gasteiger partial charge >= 0.3 is 0 Å². The van der Waals surface area contributed by atoms with Gasteiger partial charge in [0.1, 0.15) is 35.2 Å². The van der Waals surface area contributed by atoms with Crippen molar-refractivity contribution in [1.29, 1.82) is 0 Å². The van der Waals surface area contributed by atoms with Crippen molar-refractivity contribution in [2.45, 2.75) is 145 Å². The largest absolute Gasteiger partial charge is 0.213 e. The van der Waals surface area contributed by atoms with Crippen LogP contribution >= 0.6 is 0 Å². The van der Waals surface area contributed by atoms with Gasteiger partial charge in [-0.05, 0) is 176 Å². The summed E-state index contributed by atoms with van der Waals surface area (Å²) < 4.78 is 65.4. The van der Waals surface area contributed by atoms with Gasteiger partial charge in [0.25, 0.3) is 0 Å². The van der Waals surface area contributed by atoms with Crippen molar-refractivity contribution >= 4 is 0 Å². The molecule has 0 N–H and O–H groups in total. The van der Waals surface area contributed by atoms with Crippen LogP contribution in [0, 0.1) is 54.3 Å². The highest BCUT2D eigenvalue weighted by molar-refractivity contribution is 5.97. The molecule has 0 atom stereocenters. The molecule has 5 aliphatic carbocycles. The molecular formula is C112H113FN5+5. The van der Waals surface area contributed by atoms with Gasteiger partial charge in [-0.25, -0.2) is 13.5 Å². The van der Waals surface area contributed by atoms with Crippen LogP contribution in [0.2, 0.25) is 0 Å². The van der Waals surface area contributed by atoms with Gasteiger partial charge in [0, 0.05) is 123 Å². The second-order valence-corrected chi connectivity index (χ2v) is 35.8. The van der Waals surface area contributed by atoms with Crippen LogP contribution in [0.5, 0.6) is 0 Å². The second kappa shape index (κ2) is 30.1. The van der Waals surface area contributed by atoms with E-state index < -0.39 is 0 Å². The molecule has 5 heterocycles. The number of halogens is 1. The van der Waals surface area contributed by atoms with Crippen molar-refractivity contribution in [1.82, 2.24) is 0 Å². The number of benzene rings is 10. The van der Waals surface area contributed by atoms with Crippen LogP contribution in [0.25, 0.3) is 112 Å². The lowest BCUT2D eigenvalue weighted by molar-refractivity contribution is -0.666. The molecule has 0 aliphatic heterocycles. The number of hydrogen-bond acceptors (Lipinski definition) is 0. The van der Waals surface area contributed by atoms with Crippen molar-refractivity contribution in [2.24, 2.45) is 35.2 Å². The fourth-order valence-corrected chi connectivity index (χ4v) is 20.1. The Labute approximate surface area is 707 Å². The van der Waals surface area contributed by atoms with Crippen molar-refractivity contribution in [3.63, 3.8) is 0 Å². The highest BCUT2D eigenvalue weighted by Crippen LogP contribution is 2.58. The van der Waals surface area contributed by atoms with E-state index in [2.05, 4.69) is 339 Å². The summed E-state index contributed by atoms with van der Waals surface area (Å²) >= 11 is 0. The van der Waals surface area contributed by atoms with Crippen molar-refractivity contribution in [2.75, 3.05) is 0 Å². The summed E-state index contributed by atoms with van der Waals surface area (Å²) in [6.07, 6.45) is 5.54. The molecule has 118 heavy (non-hydrogen) atoms. The van der Waals surface area contributed by atoms with E-state index in [1.165, 1.54) is 162 Å². The Morgan fingerprint density at radius 2 is 0.559 bits per heavy atom. The molecule has 20 rings (SSSR count). The van der Waals surface area contributed by atoms with E-state index in [1.54, 1.807) is 12.3 Å². The summed E-state index contributed by atoms with van der Waals surface area (Å²) in [6, 6.07) is 84.7. The zero-order chi connectivity index (χ0) is 87.9. The molecule has 15 aromatic rings. The first-order valence-corrected chi connectivity index (χ1v) is 41.6. The number of rotatable bonds is 5. The molecule has 10 aromatic carbocycles. The SMILES string of the molecule is Cc1ccc2c(c1-c1ccc(F)c[n+]1C)-c1ccccc1C2(C)C.Cc1ccc2c(c1-c1cccc(C)[n+]1C)-c1ccccc1C2(C)C.[2H]c1c([2H])c(C)[n+](C)c(-c2c(C)ccc3c2-c2ccccc2C3(C)C)c1[2H].[2H]c1cc[n+](C)c(-c2c(C)ccc3c2-c2ccccc2C3(C)C)c1.[2H]c1ccc[n+](C)c1-c1c(C)ccc2c1-c1ccccc1C2(C)C. The minimum absolute atomic E-state index is 0.00548. The van der Waals surface area contributed by atoms with Crippen LogP contribution in [0.3, 0.4) is 0 Å². The van der Waals surface area contributed by atoms with E-state index >= 15 is 0 Å². The van der Waals surface area contributed by atoms with E-state index in [4.69, 9.17) is 6.85 Å². The topological polar surface area (TPSA) is 19.4 Å². The zero-order valence-corrected chi connectivity index (χ0v) is 72.9. The Balaban J connectivity index is 0.000000114. The highest BCUT2D eigenvalue weighted by atomic mass is 19.1. The van der Waals surface area contributed by atoms with E-state index in [0.29, 0.717) is 17.8 Å². The smallest absolute Gasteiger partial charge is 0.201 e. The molecule has 0 radical (unpaired) electrons. The van der Waals surface area contributed by atoms with Gasteiger partial charge in [0.2, 0.25) is 34.7 Å². The molecule has 0 amide bonds. The van der Waals surface area contributed by atoms with Gasteiger partial charge < -0.3 is 0 Å². The Bertz CT molecular complexity index is 6740. The third kappa shape index (κ3) is 13.0. The van der Waals surface area contributed by atoms with Gasteiger partial charge in [-0.3, -0.25) is 0 Å². The molecule has 6 heteroatoms. The van der Waals surface area contributed by atoms with E-state index in [0.717, 1.165) is 39.5 Å². The average Bonchev–Trinajstić information content (AvgIpc) is 1.58. The molecule has 5 aliphatic rings. The minimum Gasteiger partial charge on any atom is -0.201 e. The molecule has 0 spiro atoms. The number of pyridine rings is 5. The van der Waals surface area contributed by atoms with Gasteiger partial charge in [-0.1, -0.05) is 251 Å². The van der Waals surface area contributed by atoms with E-state index in [1.807, 2.05) is 79.9 Å². The lowest BCUT2D eigenvalue weighted by Crippen LogP contribution is -2.34. The van der Waals surface area contributed by atoms with Gasteiger partial charge in [0.05, 0.1) is 34.7 Å². The van der Waals surface area contributed by atoms with Crippen molar-refractivity contribution < 1.29 is 34.1 Å². The average molecular weight is 1550 g/mol. The lowest BCUT2D eigenvalue weighted by Gasteiger charge is -2.22. The third-order valence-corrected chi connectivity index (χ3v) is 26.8. The highest BCUT2D eigenvalue weighted by Gasteiger charge is 2.44. The van der Waals surface area contributed by atoms with Crippen molar-refractivity contribution in [3.8, 4) is 112 Å². The normalized spacial score (nSPS) is 15.0. The number of hydrogen-bond donors (Lipinski definition) is 0. The second-order valence-electron chi connectivity index (χ2n) is 35.8. The summed E-state index contributed by atoms with van der Waals surface area (Å²) in [7, 11) is 10.0. The predicted octanol–water partition coefficient (Wildman–Crippen LogP) is 24.7. The van der Waals surface area contributed by atoms with Crippen LogP contribution in [0.4, 0.5) is 4.39 Å². The number of fused-ring (bicyclic) bond motifs is 15. The first kappa shape index (κ1) is 73.5. The maximum absolute atomic E-state index is 13.6. The molecule has 0 unspecified atom stereocenters. The Morgan fingerprint density at radius 1 is 0.237 bits per heavy atom.